The maximum absolute atomic E-state index is 11.4. The second-order valence-corrected chi connectivity index (χ2v) is 8.36. The normalized spacial score (nSPS) is 25.0. The fourth-order valence-corrected chi connectivity index (χ4v) is 4.45. The van der Waals surface area contributed by atoms with Gasteiger partial charge in [-0.1, -0.05) is 91.0 Å². The van der Waals surface area contributed by atoms with Gasteiger partial charge in [0, 0.05) is 6.92 Å². The molecular formula is C27H29NO6. The predicted octanol–water partition coefficient (Wildman–Crippen LogP) is 1.94. The van der Waals surface area contributed by atoms with Gasteiger partial charge in [-0.2, -0.15) is 0 Å². The smallest absolute Gasteiger partial charge is 0.217 e. The highest BCUT2D eigenvalue weighted by Gasteiger charge is 2.46. The van der Waals surface area contributed by atoms with Gasteiger partial charge in [0.1, 0.15) is 30.0 Å². The van der Waals surface area contributed by atoms with Crippen LogP contribution in [0.4, 0.5) is 0 Å². The molecule has 0 saturated carbocycles. The molecule has 0 spiro atoms. The molecule has 0 radical (unpaired) electrons. The zero-order chi connectivity index (χ0) is 24.1. The molecule has 1 fully saturated rings. The van der Waals surface area contributed by atoms with E-state index in [-0.39, 0.29) is 6.61 Å². The molecule has 4 rings (SSSR count). The van der Waals surface area contributed by atoms with Crippen molar-refractivity contribution >= 4 is 5.91 Å². The van der Waals surface area contributed by atoms with E-state index in [2.05, 4.69) is 5.32 Å². The quantitative estimate of drug-likeness (QED) is 0.399. The Balaban J connectivity index is 1.71. The van der Waals surface area contributed by atoms with Gasteiger partial charge >= 0.3 is 0 Å². The zero-order valence-corrected chi connectivity index (χ0v) is 18.8. The van der Waals surface area contributed by atoms with E-state index in [1.807, 2.05) is 91.0 Å². The van der Waals surface area contributed by atoms with Crippen molar-refractivity contribution in [3.8, 4) is 0 Å². The Morgan fingerprint density at radius 2 is 1.26 bits per heavy atom. The molecular weight excluding hydrogens is 434 g/mol. The van der Waals surface area contributed by atoms with Gasteiger partial charge in [-0.25, -0.2) is 0 Å². The largest absolute Gasteiger partial charge is 0.388 e. The summed E-state index contributed by atoms with van der Waals surface area (Å²) < 4.78 is 12.2. The van der Waals surface area contributed by atoms with Crippen molar-refractivity contribution < 1.29 is 29.6 Å². The first kappa shape index (κ1) is 24.1. The molecule has 0 bridgehead atoms. The summed E-state index contributed by atoms with van der Waals surface area (Å²) in [6.45, 7) is 1.12. The van der Waals surface area contributed by atoms with Crippen LogP contribution in [0.15, 0.2) is 91.0 Å². The van der Waals surface area contributed by atoms with Crippen LogP contribution in [0.5, 0.6) is 0 Å². The standard InChI is InChI=1S/C27H29NO6/c1-18(29)28-23-25(31)24(30)22(34-26(23)32)17-33-27(19-11-5-2-6-12-19,20-13-7-3-8-14-20)21-15-9-4-10-16-21/h2-16,22-26,30-32H,17H2,1H3,(H,28,29)/t22-,23+,24+,25+,26-/m0/s1. The van der Waals surface area contributed by atoms with Crippen LogP contribution in [0.25, 0.3) is 0 Å². The summed E-state index contributed by atoms with van der Waals surface area (Å²) in [6, 6.07) is 28.0. The maximum atomic E-state index is 11.4. The minimum absolute atomic E-state index is 0.138. The van der Waals surface area contributed by atoms with Crippen molar-refractivity contribution in [3.63, 3.8) is 0 Å². The molecule has 1 amide bonds. The molecule has 0 aromatic heterocycles. The molecule has 3 aromatic rings. The maximum Gasteiger partial charge on any atom is 0.217 e. The molecule has 1 heterocycles. The summed E-state index contributed by atoms with van der Waals surface area (Å²) in [4.78, 5) is 11.4. The average Bonchev–Trinajstić information content (AvgIpc) is 2.87. The van der Waals surface area contributed by atoms with Gasteiger partial charge in [0.25, 0.3) is 0 Å². The van der Waals surface area contributed by atoms with Crippen LogP contribution >= 0.6 is 0 Å². The Hall–Kier alpha value is -3.07. The fraction of sp³-hybridized carbons (Fsp3) is 0.296. The molecule has 1 saturated heterocycles. The van der Waals surface area contributed by atoms with Crippen molar-refractivity contribution in [1.29, 1.82) is 0 Å². The highest BCUT2D eigenvalue weighted by Crippen LogP contribution is 2.41. The number of amides is 1. The Labute approximate surface area is 198 Å². The van der Waals surface area contributed by atoms with E-state index in [4.69, 9.17) is 9.47 Å². The van der Waals surface area contributed by atoms with E-state index in [9.17, 15) is 20.1 Å². The van der Waals surface area contributed by atoms with E-state index in [0.29, 0.717) is 0 Å². The lowest BCUT2D eigenvalue weighted by atomic mass is 9.80. The number of carbonyl (C=O) groups excluding carboxylic acids is 1. The number of nitrogens with one attached hydrogen (secondary N) is 1. The van der Waals surface area contributed by atoms with Crippen molar-refractivity contribution in [1.82, 2.24) is 5.32 Å². The lowest BCUT2D eigenvalue weighted by Gasteiger charge is -2.43. The minimum Gasteiger partial charge on any atom is -0.388 e. The summed E-state index contributed by atoms with van der Waals surface area (Å²) in [5, 5.41) is 34.1. The number of aliphatic hydroxyl groups is 3. The van der Waals surface area contributed by atoms with E-state index < -0.39 is 42.2 Å². The topological polar surface area (TPSA) is 108 Å². The van der Waals surface area contributed by atoms with E-state index in [0.717, 1.165) is 16.7 Å². The van der Waals surface area contributed by atoms with E-state index in [1.165, 1.54) is 6.92 Å². The number of benzene rings is 3. The van der Waals surface area contributed by atoms with Crippen LogP contribution in [-0.2, 0) is 19.9 Å². The molecule has 0 aliphatic carbocycles. The molecule has 7 nitrogen and oxygen atoms in total. The Bertz CT molecular complexity index is 966. The van der Waals surface area contributed by atoms with Crippen LogP contribution in [0.3, 0.4) is 0 Å². The SMILES string of the molecule is CC(=O)N[C@@H]1[C@@H](O)[C@H](O)[C@H](COC(c2ccccc2)(c2ccccc2)c2ccccc2)O[C@@H]1O. The molecule has 0 unspecified atom stereocenters. The van der Waals surface area contributed by atoms with Gasteiger partial charge < -0.3 is 30.1 Å². The second-order valence-electron chi connectivity index (χ2n) is 8.36. The van der Waals surface area contributed by atoms with E-state index in [1.54, 1.807) is 0 Å². The molecule has 5 atom stereocenters. The number of rotatable bonds is 7. The number of aliphatic hydroxyl groups excluding tert-OH is 3. The molecule has 4 N–H and O–H groups in total. The summed E-state index contributed by atoms with van der Waals surface area (Å²) in [6.07, 6.45) is -5.36. The van der Waals surface area contributed by atoms with Crippen molar-refractivity contribution in [3.05, 3.63) is 108 Å². The molecule has 1 aliphatic rings. The first-order valence-electron chi connectivity index (χ1n) is 11.2. The molecule has 34 heavy (non-hydrogen) atoms. The third kappa shape index (κ3) is 4.75. The average molecular weight is 464 g/mol. The molecule has 178 valence electrons. The number of hydrogen-bond donors (Lipinski definition) is 4. The summed E-state index contributed by atoms with van der Waals surface area (Å²) in [7, 11) is 0. The first-order valence-corrected chi connectivity index (χ1v) is 11.2. The van der Waals surface area contributed by atoms with Gasteiger partial charge in [0.2, 0.25) is 5.91 Å². The minimum atomic E-state index is -1.50. The van der Waals surface area contributed by atoms with Gasteiger partial charge in [-0.3, -0.25) is 4.79 Å². The third-order valence-electron chi connectivity index (χ3n) is 6.10. The van der Waals surface area contributed by atoms with Gasteiger partial charge in [-0.05, 0) is 16.7 Å². The Kier molecular flexibility index (Phi) is 7.41. The van der Waals surface area contributed by atoms with Crippen LogP contribution in [0, 0.1) is 0 Å². The Morgan fingerprint density at radius 1 is 0.824 bits per heavy atom. The Morgan fingerprint density at radius 3 is 1.68 bits per heavy atom. The number of hydrogen-bond acceptors (Lipinski definition) is 6. The van der Waals surface area contributed by atoms with Crippen LogP contribution in [-0.4, -0.2) is 58.5 Å². The van der Waals surface area contributed by atoms with Gasteiger partial charge in [0.05, 0.1) is 6.61 Å². The lowest BCUT2D eigenvalue weighted by molar-refractivity contribution is -0.261. The predicted molar refractivity (Wildman–Crippen MR) is 126 cm³/mol. The molecule has 7 heteroatoms. The zero-order valence-electron chi connectivity index (χ0n) is 18.8. The summed E-state index contributed by atoms with van der Waals surface area (Å²) in [5.74, 6) is -0.454. The second kappa shape index (κ2) is 10.5. The first-order chi connectivity index (χ1) is 16.4. The fourth-order valence-electron chi connectivity index (χ4n) is 4.45. The summed E-state index contributed by atoms with van der Waals surface area (Å²) in [5.41, 5.74) is 1.57. The van der Waals surface area contributed by atoms with Crippen molar-refractivity contribution in [2.24, 2.45) is 0 Å². The van der Waals surface area contributed by atoms with Crippen LogP contribution < -0.4 is 5.32 Å². The van der Waals surface area contributed by atoms with Gasteiger partial charge in [-0.15, -0.1) is 0 Å². The molecule has 1 aliphatic heterocycles. The highest BCUT2D eigenvalue weighted by molar-refractivity contribution is 5.73. The van der Waals surface area contributed by atoms with Crippen LogP contribution in [0.1, 0.15) is 23.6 Å². The monoisotopic (exact) mass is 463 g/mol. The van der Waals surface area contributed by atoms with Gasteiger partial charge in [0.15, 0.2) is 6.29 Å². The van der Waals surface area contributed by atoms with Crippen LogP contribution in [0.2, 0.25) is 0 Å². The third-order valence-corrected chi connectivity index (χ3v) is 6.10. The number of ether oxygens (including phenoxy) is 2. The molecule has 3 aromatic carbocycles. The van der Waals surface area contributed by atoms with Crippen molar-refractivity contribution in [2.75, 3.05) is 6.61 Å². The van der Waals surface area contributed by atoms with Crippen molar-refractivity contribution in [2.45, 2.75) is 43.2 Å². The highest BCUT2D eigenvalue weighted by atomic mass is 16.6. The lowest BCUT2D eigenvalue weighted by Crippen LogP contribution is -2.64. The number of carbonyl (C=O) groups is 1. The summed E-state index contributed by atoms with van der Waals surface area (Å²) >= 11 is 0. The van der Waals surface area contributed by atoms with E-state index >= 15 is 0 Å².